The first kappa shape index (κ1) is 30.1. The van der Waals surface area contributed by atoms with Crippen LogP contribution in [0.1, 0.15) is 28.9 Å². The molecule has 208 valence electrons. The number of carboxylic acids is 2. The van der Waals surface area contributed by atoms with Gasteiger partial charge in [-0.15, -0.1) is 0 Å². The van der Waals surface area contributed by atoms with Crippen LogP contribution in [0.25, 0.3) is 11.2 Å². The maximum absolute atomic E-state index is 12.8. The molecule has 0 spiro atoms. The van der Waals surface area contributed by atoms with Crippen LogP contribution in [0, 0.1) is 0 Å². The van der Waals surface area contributed by atoms with Crippen LogP contribution in [-0.4, -0.2) is 91.0 Å². The summed E-state index contributed by atoms with van der Waals surface area (Å²) in [6.45, 7) is -0.0385. The molecular formula is C23H29N9O7. The highest BCUT2D eigenvalue weighted by molar-refractivity contribution is 5.97. The number of nitrogens with zero attached hydrogens (tertiary/aromatic N) is 6. The number of aromatic nitrogens is 4. The normalized spacial score (nSPS) is 11.2. The maximum Gasteiger partial charge on any atom is 0.326 e. The number of anilines is 3. The molecule has 1 unspecified atom stereocenters. The Bertz CT molecular complexity index is 1370. The van der Waals surface area contributed by atoms with Crippen molar-refractivity contribution in [2.45, 2.75) is 25.4 Å². The summed E-state index contributed by atoms with van der Waals surface area (Å²) in [4.78, 5) is 66.5. The van der Waals surface area contributed by atoms with Gasteiger partial charge in [-0.3, -0.25) is 14.4 Å². The highest BCUT2D eigenvalue weighted by atomic mass is 16.4. The molecule has 2 amide bonds. The van der Waals surface area contributed by atoms with E-state index in [-0.39, 0.29) is 23.7 Å². The van der Waals surface area contributed by atoms with E-state index in [2.05, 4.69) is 25.3 Å². The standard InChI is InChI=1S/C23H27N9O6.H2O/c1-31(10-13-9-26-20-18(27-13)19(24)29-23(25)30-20)14-5-3-12(4-6-14)21(36)32(2)11-16(33)28-15(22(37)38)7-8-17(34)35;/h3-6,9,15H,7-8,10-11H2,1-2H3,(H,28,33)(H,34,35)(H,37,38)(H4,24,25,26,29,30);1H2. The summed E-state index contributed by atoms with van der Waals surface area (Å²) < 4.78 is 0. The van der Waals surface area contributed by atoms with E-state index >= 15 is 0 Å². The van der Waals surface area contributed by atoms with Crippen molar-refractivity contribution in [1.82, 2.24) is 30.2 Å². The Morgan fingerprint density at radius 2 is 1.69 bits per heavy atom. The molecule has 3 rings (SSSR count). The Balaban J connectivity index is 0.00000533. The first-order chi connectivity index (χ1) is 17.9. The van der Waals surface area contributed by atoms with Crippen LogP contribution >= 0.6 is 0 Å². The molecule has 0 saturated carbocycles. The first-order valence-electron chi connectivity index (χ1n) is 11.3. The van der Waals surface area contributed by atoms with E-state index in [4.69, 9.17) is 16.6 Å². The molecule has 1 aromatic carbocycles. The number of carboxylic acid groups (broad SMARTS) is 2. The minimum absolute atomic E-state index is 0. The Kier molecular flexibility index (Phi) is 9.96. The number of nitrogens with two attached hydrogens (primary N) is 2. The number of hydrogen-bond donors (Lipinski definition) is 5. The minimum atomic E-state index is -1.37. The number of aliphatic carboxylic acids is 2. The Labute approximate surface area is 222 Å². The van der Waals surface area contributed by atoms with Crippen molar-refractivity contribution in [3.63, 3.8) is 0 Å². The Morgan fingerprint density at radius 3 is 2.31 bits per heavy atom. The van der Waals surface area contributed by atoms with Crippen LogP contribution in [0.4, 0.5) is 17.5 Å². The largest absolute Gasteiger partial charge is 0.481 e. The van der Waals surface area contributed by atoms with Crippen LogP contribution in [0.2, 0.25) is 0 Å². The van der Waals surface area contributed by atoms with Gasteiger partial charge in [0, 0.05) is 31.8 Å². The second kappa shape index (κ2) is 12.9. The van der Waals surface area contributed by atoms with Gasteiger partial charge in [0.05, 0.1) is 25.0 Å². The van der Waals surface area contributed by atoms with Crippen molar-refractivity contribution in [3.05, 3.63) is 41.7 Å². The maximum atomic E-state index is 12.8. The number of fused-ring (bicyclic) bond motifs is 1. The minimum Gasteiger partial charge on any atom is -0.481 e. The molecule has 1 atom stereocenters. The number of hydrogen-bond acceptors (Lipinski definition) is 11. The molecule has 2 heterocycles. The highest BCUT2D eigenvalue weighted by Crippen LogP contribution is 2.19. The molecule has 0 aliphatic rings. The molecule has 16 heteroatoms. The van der Waals surface area contributed by atoms with Gasteiger partial charge in [-0.05, 0) is 30.7 Å². The third-order valence-corrected chi connectivity index (χ3v) is 5.46. The van der Waals surface area contributed by atoms with Gasteiger partial charge in [-0.1, -0.05) is 0 Å². The monoisotopic (exact) mass is 543 g/mol. The average molecular weight is 544 g/mol. The SMILES string of the molecule is CN(CC(=O)NC(CCC(=O)O)C(=O)O)C(=O)c1ccc(N(C)Cc2cnc3nc(N)nc(N)c3n2)cc1.O. The second-order valence-electron chi connectivity index (χ2n) is 8.46. The number of carbonyl (C=O) groups excluding carboxylic acids is 2. The summed E-state index contributed by atoms with van der Waals surface area (Å²) in [5.41, 5.74) is 13.8. The molecule has 0 aliphatic heterocycles. The van der Waals surface area contributed by atoms with Crippen molar-refractivity contribution < 1.29 is 34.9 Å². The number of carbonyl (C=O) groups is 4. The summed E-state index contributed by atoms with van der Waals surface area (Å²) >= 11 is 0. The lowest BCUT2D eigenvalue weighted by molar-refractivity contribution is -0.143. The Hall–Kier alpha value is -5.12. The van der Waals surface area contributed by atoms with Crippen molar-refractivity contribution in [2.24, 2.45) is 0 Å². The zero-order chi connectivity index (χ0) is 28.0. The average Bonchev–Trinajstić information content (AvgIpc) is 2.86. The fourth-order valence-electron chi connectivity index (χ4n) is 3.52. The fourth-order valence-corrected chi connectivity index (χ4v) is 3.52. The van der Waals surface area contributed by atoms with Gasteiger partial charge in [0.2, 0.25) is 11.9 Å². The van der Waals surface area contributed by atoms with Gasteiger partial charge in [-0.2, -0.15) is 9.97 Å². The summed E-state index contributed by atoms with van der Waals surface area (Å²) in [5.74, 6) is -3.58. The lowest BCUT2D eigenvalue weighted by Crippen LogP contribution is -2.46. The van der Waals surface area contributed by atoms with Crippen LogP contribution < -0.4 is 21.7 Å². The van der Waals surface area contributed by atoms with E-state index in [1.54, 1.807) is 30.5 Å². The third kappa shape index (κ3) is 7.93. The number of likely N-dealkylation sites (N-methyl/N-ethyl adjacent to an activating group) is 1. The topological polar surface area (TPSA) is 262 Å². The van der Waals surface area contributed by atoms with E-state index in [0.29, 0.717) is 29.0 Å². The molecule has 9 N–H and O–H groups in total. The van der Waals surface area contributed by atoms with Gasteiger partial charge in [0.25, 0.3) is 5.91 Å². The lowest BCUT2D eigenvalue weighted by atomic mass is 10.1. The second-order valence-corrected chi connectivity index (χ2v) is 8.46. The number of amides is 2. The van der Waals surface area contributed by atoms with Crippen molar-refractivity contribution in [2.75, 3.05) is 37.0 Å². The Morgan fingerprint density at radius 1 is 1.03 bits per heavy atom. The van der Waals surface area contributed by atoms with E-state index < -0.39 is 42.8 Å². The summed E-state index contributed by atoms with van der Waals surface area (Å²) in [7, 11) is 3.22. The van der Waals surface area contributed by atoms with Crippen LogP contribution in [0.3, 0.4) is 0 Å². The molecule has 0 bridgehead atoms. The first-order valence-corrected chi connectivity index (χ1v) is 11.3. The number of benzene rings is 1. The van der Waals surface area contributed by atoms with Gasteiger partial charge in [0.15, 0.2) is 17.0 Å². The quantitative estimate of drug-likeness (QED) is 0.192. The molecule has 16 nitrogen and oxygen atoms in total. The third-order valence-electron chi connectivity index (χ3n) is 5.46. The molecule has 0 aliphatic carbocycles. The number of nitrogen functional groups attached to an aromatic ring is 2. The molecule has 0 fully saturated rings. The van der Waals surface area contributed by atoms with Gasteiger partial charge >= 0.3 is 11.9 Å². The molecular weight excluding hydrogens is 514 g/mol. The van der Waals surface area contributed by atoms with Gasteiger partial charge in [0.1, 0.15) is 6.04 Å². The molecule has 3 aromatic rings. The summed E-state index contributed by atoms with van der Waals surface area (Å²) in [5, 5.41) is 20.1. The van der Waals surface area contributed by atoms with Crippen LogP contribution in [-0.2, 0) is 20.9 Å². The van der Waals surface area contributed by atoms with Gasteiger partial charge in [-0.25, -0.2) is 14.8 Å². The predicted molar refractivity (Wildman–Crippen MR) is 140 cm³/mol. The number of nitrogens with one attached hydrogen (secondary N) is 1. The zero-order valence-electron chi connectivity index (χ0n) is 21.2. The van der Waals surface area contributed by atoms with E-state index in [1.165, 1.54) is 7.05 Å². The van der Waals surface area contributed by atoms with Crippen LogP contribution in [0.5, 0.6) is 0 Å². The van der Waals surface area contributed by atoms with E-state index in [1.807, 2.05) is 11.9 Å². The van der Waals surface area contributed by atoms with Gasteiger partial charge < -0.3 is 42.3 Å². The fraction of sp³-hybridized carbons (Fsp3) is 0.304. The molecule has 39 heavy (non-hydrogen) atoms. The summed E-state index contributed by atoms with van der Waals surface area (Å²) in [6.07, 6.45) is 0.862. The number of rotatable bonds is 11. The predicted octanol–water partition coefficient (Wildman–Crippen LogP) is -1.10. The zero-order valence-corrected chi connectivity index (χ0v) is 21.2. The lowest BCUT2D eigenvalue weighted by Gasteiger charge is -2.21. The van der Waals surface area contributed by atoms with Crippen molar-refractivity contribution in [1.29, 1.82) is 0 Å². The molecule has 0 saturated heterocycles. The van der Waals surface area contributed by atoms with E-state index in [0.717, 1.165) is 10.6 Å². The van der Waals surface area contributed by atoms with Crippen LogP contribution in [0.15, 0.2) is 30.5 Å². The highest BCUT2D eigenvalue weighted by Gasteiger charge is 2.23. The molecule has 2 aromatic heterocycles. The summed E-state index contributed by atoms with van der Waals surface area (Å²) in [6, 6.07) is 5.26. The van der Waals surface area contributed by atoms with E-state index in [9.17, 15) is 24.3 Å². The van der Waals surface area contributed by atoms with Crippen molar-refractivity contribution in [3.8, 4) is 0 Å². The smallest absolute Gasteiger partial charge is 0.326 e. The molecule has 0 radical (unpaired) electrons. The van der Waals surface area contributed by atoms with Crippen molar-refractivity contribution >= 4 is 52.4 Å².